The van der Waals surface area contributed by atoms with Gasteiger partial charge < -0.3 is 10.6 Å². The molecule has 0 aliphatic carbocycles. The van der Waals surface area contributed by atoms with E-state index in [0.29, 0.717) is 30.8 Å². The van der Waals surface area contributed by atoms with Gasteiger partial charge in [0.1, 0.15) is 0 Å². The third-order valence-corrected chi connectivity index (χ3v) is 7.04. The van der Waals surface area contributed by atoms with Crippen LogP contribution < -0.4 is 10.6 Å². The van der Waals surface area contributed by atoms with E-state index >= 15 is 0 Å². The average molecular weight is 391 g/mol. The standard InChI is InChI=1S/C19H26N4O3S/c20-11-15-4-1-5-16(10-15)14-27(25,26)23-9-3-6-17(13-23)12-22-19(24)18-7-2-8-21-18/h1,4-5,10,17-18,21H,2-3,6-9,12-14H2,(H,22,24). The number of piperidine rings is 1. The Kier molecular flexibility index (Phi) is 6.47. The van der Waals surface area contributed by atoms with Crippen LogP contribution in [0.5, 0.6) is 0 Å². The first-order valence-corrected chi connectivity index (χ1v) is 11.1. The van der Waals surface area contributed by atoms with E-state index in [1.807, 2.05) is 6.07 Å². The predicted molar refractivity (Wildman–Crippen MR) is 102 cm³/mol. The number of nitrogens with zero attached hydrogens (tertiary/aromatic N) is 2. The van der Waals surface area contributed by atoms with Crippen molar-refractivity contribution in [2.45, 2.75) is 37.5 Å². The average Bonchev–Trinajstić information content (AvgIpc) is 3.21. The van der Waals surface area contributed by atoms with Gasteiger partial charge in [-0.1, -0.05) is 12.1 Å². The van der Waals surface area contributed by atoms with Gasteiger partial charge in [-0.3, -0.25) is 4.79 Å². The predicted octanol–water partition coefficient (Wildman–Crippen LogP) is 0.968. The molecule has 2 unspecified atom stereocenters. The minimum atomic E-state index is -3.45. The molecule has 2 N–H and O–H groups in total. The van der Waals surface area contributed by atoms with Crippen molar-refractivity contribution in [3.63, 3.8) is 0 Å². The molecule has 27 heavy (non-hydrogen) atoms. The Morgan fingerprint density at radius 2 is 2.19 bits per heavy atom. The lowest BCUT2D eigenvalue weighted by atomic mass is 9.99. The molecule has 2 fully saturated rings. The molecule has 2 aliphatic rings. The maximum atomic E-state index is 12.8. The second-order valence-corrected chi connectivity index (χ2v) is 9.30. The van der Waals surface area contributed by atoms with E-state index in [2.05, 4.69) is 10.6 Å². The van der Waals surface area contributed by atoms with Crippen molar-refractivity contribution >= 4 is 15.9 Å². The zero-order valence-electron chi connectivity index (χ0n) is 15.4. The van der Waals surface area contributed by atoms with E-state index in [4.69, 9.17) is 5.26 Å². The van der Waals surface area contributed by atoms with Crippen molar-refractivity contribution in [2.75, 3.05) is 26.2 Å². The highest BCUT2D eigenvalue weighted by Crippen LogP contribution is 2.21. The van der Waals surface area contributed by atoms with Gasteiger partial charge in [0.2, 0.25) is 15.9 Å². The third-order valence-electron chi connectivity index (χ3n) is 5.22. The topological polar surface area (TPSA) is 102 Å². The van der Waals surface area contributed by atoms with Crippen LogP contribution in [-0.2, 0) is 20.6 Å². The van der Waals surface area contributed by atoms with Crippen molar-refractivity contribution in [1.82, 2.24) is 14.9 Å². The molecule has 3 rings (SSSR count). The van der Waals surface area contributed by atoms with Gasteiger partial charge in [-0.2, -0.15) is 5.26 Å². The molecule has 1 aromatic rings. The Morgan fingerprint density at radius 1 is 1.33 bits per heavy atom. The number of hydrogen-bond acceptors (Lipinski definition) is 5. The molecule has 2 saturated heterocycles. The van der Waals surface area contributed by atoms with Crippen LogP contribution in [0.4, 0.5) is 0 Å². The van der Waals surface area contributed by atoms with Gasteiger partial charge in [-0.15, -0.1) is 0 Å². The van der Waals surface area contributed by atoms with Crippen LogP contribution in [0.2, 0.25) is 0 Å². The summed E-state index contributed by atoms with van der Waals surface area (Å²) in [5, 5.41) is 15.1. The summed E-state index contributed by atoms with van der Waals surface area (Å²) in [4.78, 5) is 12.1. The molecule has 146 valence electrons. The SMILES string of the molecule is N#Cc1cccc(CS(=O)(=O)N2CCCC(CNC(=O)C3CCCN3)C2)c1. The lowest BCUT2D eigenvalue weighted by Crippen LogP contribution is -2.46. The number of hydrogen-bond donors (Lipinski definition) is 2. The summed E-state index contributed by atoms with van der Waals surface area (Å²) >= 11 is 0. The van der Waals surface area contributed by atoms with Crippen LogP contribution in [0.25, 0.3) is 0 Å². The van der Waals surface area contributed by atoms with E-state index in [0.717, 1.165) is 32.2 Å². The van der Waals surface area contributed by atoms with Gasteiger partial charge in [0.15, 0.2) is 0 Å². The number of benzene rings is 1. The number of rotatable bonds is 6. The summed E-state index contributed by atoms with van der Waals surface area (Å²) in [5.74, 6) is 0.0401. The van der Waals surface area contributed by atoms with Crippen LogP contribution in [0.1, 0.15) is 36.8 Å². The second kappa shape index (κ2) is 8.83. The summed E-state index contributed by atoms with van der Waals surface area (Å²) in [5.41, 5.74) is 1.08. The number of carbonyl (C=O) groups is 1. The number of nitriles is 1. The van der Waals surface area contributed by atoms with Crippen LogP contribution in [0.3, 0.4) is 0 Å². The summed E-state index contributed by atoms with van der Waals surface area (Å²) < 4.78 is 27.1. The van der Waals surface area contributed by atoms with E-state index in [-0.39, 0.29) is 23.6 Å². The summed E-state index contributed by atoms with van der Waals surface area (Å²) in [6.07, 6.45) is 3.58. The summed E-state index contributed by atoms with van der Waals surface area (Å²) in [7, 11) is -3.45. The molecular weight excluding hydrogens is 364 g/mol. The fourth-order valence-electron chi connectivity index (χ4n) is 3.76. The Balaban J connectivity index is 1.55. The highest BCUT2D eigenvalue weighted by molar-refractivity contribution is 7.88. The molecule has 2 atom stereocenters. The Morgan fingerprint density at radius 3 is 2.93 bits per heavy atom. The third kappa shape index (κ3) is 5.28. The molecule has 7 nitrogen and oxygen atoms in total. The first-order chi connectivity index (χ1) is 13.0. The first-order valence-electron chi connectivity index (χ1n) is 9.46. The van der Waals surface area contributed by atoms with E-state index in [1.54, 1.807) is 24.3 Å². The summed E-state index contributed by atoms with van der Waals surface area (Å²) in [6.45, 7) is 2.32. The van der Waals surface area contributed by atoms with Crippen LogP contribution in [-0.4, -0.2) is 50.9 Å². The van der Waals surface area contributed by atoms with Gasteiger partial charge in [-0.25, -0.2) is 12.7 Å². The molecule has 0 radical (unpaired) electrons. The van der Waals surface area contributed by atoms with Crippen molar-refractivity contribution in [3.8, 4) is 6.07 Å². The number of sulfonamides is 1. The lowest BCUT2D eigenvalue weighted by molar-refractivity contribution is -0.123. The molecule has 0 spiro atoms. The van der Waals surface area contributed by atoms with Crippen molar-refractivity contribution in [1.29, 1.82) is 5.26 Å². The molecule has 8 heteroatoms. The number of carbonyl (C=O) groups excluding carboxylic acids is 1. The monoisotopic (exact) mass is 390 g/mol. The van der Waals surface area contributed by atoms with Crippen molar-refractivity contribution < 1.29 is 13.2 Å². The molecule has 2 aliphatic heterocycles. The van der Waals surface area contributed by atoms with Gasteiger partial charge in [0.25, 0.3) is 0 Å². The normalized spacial score (nSPS) is 23.7. The fourth-order valence-corrected chi connectivity index (χ4v) is 5.38. The highest BCUT2D eigenvalue weighted by Gasteiger charge is 2.30. The van der Waals surface area contributed by atoms with Gasteiger partial charge in [0.05, 0.1) is 23.4 Å². The van der Waals surface area contributed by atoms with Gasteiger partial charge in [-0.05, 0) is 55.8 Å². The maximum absolute atomic E-state index is 12.8. The smallest absolute Gasteiger partial charge is 0.237 e. The number of nitrogens with one attached hydrogen (secondary N) is 2. The van der Waals surface area contributed by atoms with Crippen LogP contribution >= 0.6 is 0 Å². The van der Waals surface area contributed by atoms with Crippen LogP contribution in [0.15, 0.2) is 24.3 Å². The second-order valence-electron chi connectivity index (χ2n) is 7.33. The molecule has 0 aromatic heterocycles. The highest BCUT2D eigenvalue weighted by atomic mass is 32.2. The molecule has 1 aromatic carbocycles. The molecule has 0 saturated carbocycles. The number of amides is 1. The van der Waals surface area contributed by atoms with Gasteiger partial charge in [0, 0.05) is 19.6 Å². The molecular formula is C19H26N4O3S. The van der Waals surface area contributed by atoms with Crippen LogP contribution in [0, 0.1) is 17.2 Å². The van der Waals surface area contributed by atoms with E-state index in [1.165, 1.54) is 4.31 Å². The van der Waals surface area contributed by atoms with Crippen molar-refractivity contribution in [3.05, 3.63) is 35.4 Å². The van der Waals surface area contributed by atoms with E-state index < -0.39 is 10.0 Å². The maximum Gasteiger partial charge on any atom is 0.237 e. The minimum absolute atomic E-state index is 0.0146. The van der Waals surface area contributed by atoms with E-state index in [9.17, 15) is 13.2 Å². The Labute approximate surface area is 160 Å². The molecule has 2 heterocycles. The quantitative estimate of drug-likeness (QED) is 0.753. The summed E-state index contributed by atoms with van der Waals surface area (Å²) in [6, 6.07) is 8.64. The Bertz CT molecular complexity index is 812. The fraction of sp³-hybridized carbons (Fsp3) is 0.579. The van der Waals surface area contributed by atoms with Crippen molar-refractivity contribution in [2.24, 2.45) is 5.92 Å². The lowest BCUT2D eigenvalue weighted by Gasteiger charge is -2.32. The Hall–Kier alpha value is -1.95. The largest absolute Gasteiger partial charge is 0.354 e. The first kappa shape index (κ1) is 19.8. The zero-order valence-corrected chi connectivity index (χ0v) is 16.2. The molecule has 0 bridgehead atoms. The zero-order chi connectivity index (χ0) is 19.3. The molecule has 1 amide bonds. The van der Waals surface area contributed by atoms with Gasteiger partial charge >= 0.3 is 0 Å². The minimum Gasteiger partial charge on any atom is -0.354 e.